The van der Waals surface area contributed by atoms with Crippen molar-refractivity contribution in [1.29, 1.82) is 0 Å². The molecule has 0 heterocycles. The SMILES string of the molecule is c1ccc2c(-c3ccc4cc(-c5c6ccccc6c(-c6ccc7c8ccccc8c8ccccc8c7c6)c6ccccc56)ccc4c3)cccc2c1. The summed E-state index contributed by atoms with van der Waals surface area (Å²) < 4.78 is 0. The highest BCUT2D eigenvalue weighted by atomic mass is 14.2. The van der Waals surface area contributed by atoms with E-state index in [4.69, 9.17) is 0 Å². The van der Waals surface area contributed by atoms with E-state index in [0.717, 1.165) is 0 Å². The van der Waals surface area contributed by atoms with Crippen molar-refractivity contribution in [2.24, 2.45) is 0 Å². The molecule has 0 radical (unpaired) electrons. The molecule has 0 aliphatic rings. The van der Waals surface area contributed by atoms with Crippen molar-refractivity contribution in [2.75, 3.05) is 0 Å². The van der Waals surface area contributed by atoms with Gasteiger partial charge in [-0.1, -0.05) is 176 Å². The monoisotopic (exact) mass is 656 g/mol. The molecule has 0 unspecified atom stereocenters. The zero-order valence-electron chi connectivity index (χ0n) is 28.5. The molecule has 0 bridgehead atoms. The molecule has 0 fully saturated rings. The van der Waals surface area contributed by atoms with E-state index in [1.54, 1.807) is 0 Å². The average Bonchev–Trinajstić information content (AvgIpc) is 3.22. The minimum atomic E-state index is 1.24. The maximum atomic E-state index is 2.43. The van der Waals surface area contributed by atoms with Gasteiger partial charge in [-0.05, 0) is 127 Å². The first-order valence-electron chi connectivity index (χ1n) is 18.1. The van der Waals surface area contributed by atoms with Gasteiger partial charge in [-0.2, -0.15) is 0 Å². The summed E-state index contributed by atoms with van der Waals surface area (Å²) in [4.78, 5) is 0. The summed E-state index contributed by atoms with van der Waals surface area (Å²) in [6.45, 7) is 0. The number of benzene rings is 11. The van der Waals surface area contributed by atoms with Crippen LogP contribution >= 0.6 is 0 Å². The molecular weight excluding hydrogens is 625 g/mol. The second kappa shape index (κ2) is 11.4. The number of fused-ring (bicyclic) bond motifs is 10. The Kier molecular flexibility index (Phi) is 6.35. The molecule has 11 aromatic rings. The lowest BCUT2D eigenvalue weighted by Gasteiger charge is -2.19. The molecule has 0 aliphatic carbocycles. The van der Waals surface area contributed by atoms with E-state index in [9.17, 15) is 0 Å². The van der Waals surface area contributed by atoms with Crippen LogP contribution in [0, 0.1) is 0 Å². The Balaban J connectivity index is 1.13. The maximum Gasteiger partial charge on any atom is -0.00261 e. The highest BCUT2D eigenvalue weighted by Crippen LogP contribution is 2.46. The topological polar surface area (TPSA) is 0 Å². The number of hydrogen-bond donors (Lipinski definition) is 0. The second-order valence-corrected chi connectivity index (χ2v) is 14.0. The molecule has 0 nitrogen and oxygen atoms in total. The quantitative estimate of drug-likeness (QED) is 0.131. The van der Waals surface area contributed by atoms with E-state index in [2.05, 4.69) is 194 Å². The van der Waals surface area contributed by atoms with Gasteiger partial charge in [0.1, 0.15) is 0 Å². The molecule has 52 heavy (non-hydrogen) atoms. The van der Waals surface area contributed by atoms with Gasteiger partial charge in [-0.15, -0.1) is 0 Å². The van der Waals surface area contributed by atoms with Gasteiger partial charge < -0.3 is 0 Å². The first-order valence-corrected chi connectivity index (χ1v) is 18.1. The zero-order valence-corrected chi connectivity index (χ0v) is 28.5. The minimum Gasteiger partial charge on any atom is -0.0616 e. The normalized spacial score (nSPS) is 11.8. The molecule has 0 spiro atoms. The molecule has 0 aromatic heterocycles. The van der Waals surface area contributed by atoms with Crippen molar-refractivity contribution in [3.63, 3.8) is 0 Å². The Bertz CT molecular complexity index is 3140. The third kappa shape index (κ3) is 4.35. The molecule has 0 saturated carbocycles. The fraction of sp³-hybridized carbons (Fsp3) is 0. The summed E-state index contributed by atoms with van der Waals surface area (Å²) in [5.41, 5.74) is 7.56. The van der Waals surface area contributed by atoms with Crippen LogP contribution in [0.1, 0.15) is 0 Å². The lowest BCUT2D eigenvalue weighted by atomic mass is 9.84. The van der Waals surface area contributed by atoms with Gasteiger partial charge in [0.15, 0.2) is 0 Å². The average molecular weight is 657 g/mol. The van der Waals surface area contributed by atoms with E-state index in [1.807, 2.05) is 0 Å². The largest absolute Gasteiger partial charge is 0.0616 e. The Morgan fingerprint density at radius 3 is 1.15 bits per heavy atom. The van der Waals surface area contributed by atoms with Crippen LogP contribution in [0.25, 0.3) is 109 Å². The van der Waals surface area contributed by atoms with Gasteiger partial charge in [0.05, 0.1) is 0 Å². The highest BCUT2D eigenvalue weighted by molar-refractivity contribution is 6.27. The Hall–Kier alpha value is -6.76. The van der Waals surface area contributed by atoms with Gasteiger partial charge in [-0.25, -0.2) is 0 Å². The van der Waals surface area contributed by atoms with Crippen LogP contribution in [0.2, 0.25) is 0 Å². The van der Waals surface area contributed by atoms with Crippen molar-refractivity contribution >= 4 is 75.4 Å². The van der Waals surface area contributed by atoms with Gasteiger partial charge in [-0.3, -0.25) is 0 Å². The molecule has 0 amide bonds. The predicted molar refractivity (Wildman–Crippen MR) is 225 cm³/mol. The standard InChI is InChI=1S/C52H32/c1-2-14-39-33(12-1)13-11-23-40(39)36-26-24-35-31-37(27-25-34(35)30-36)51-46-19-7-9-21-48(46)52(49-22-10-8-20-47(49)51)38-28-29-45-43-17-4-3-15-41(43)42-16-5-6-18-44(42)50(45)32-38/h1-32H. The van der Waals surface area contributed by atoms with Gasteiger partial charge in [0.2, 0.25) is 0 Å². The molecule has 0 heteroatoms. The smallest absolute Gasteiger partial charge is 0.00261 e. The summed E-state index contributed by atoms with van der Waals surface area (Å²) in [6, 6.07) is 71.9. The zero-order chi connectivity index (χ0) is 34.2. The first-order chi connectivity index (χ1) is 25.8. The van der Waals surface area contributed by atoms with Crippen molar-refractivity contribution < 1.29 is 0 Å². The fourth-order valence-electron chi connectivity index (χ4n) is 8.86. The summed E-state index contributed by atoms with van der Waals surface area (Å²) in [6.07, 6.45) is 0. The van der Waals surface area contributed by atoms with Gasteiger partial charge in [0.25, 0.3) is 0 Å². The Labute approximate surface area is 301 Å². The molecule has 11 aromatic carbocycles. The van der Waals surface area contributed by atoms with Gasteiger partial charge in [0, 0.05) is 0 Å². The second-order valence-electron chi connectivity index (χ2n) is 14.0. The number of hydrogen-bond acceptors (Lipinski definition) is 0. The lowest BCUT2D eigenvalue weighted by Crippen LogP contribution is -1.91. The van der Waals surface area contributed by atoms with E-state index < -0.39 is 0 Å². The van der Waals surface area contributed by atoms with Crippen LogP contribution in [-0.4, -0.2) is 0 Å². The molecule has 0 saturated heterocycles. The van der Waals surface area contributed by atoms with Crippen LogP contribution in [0.15, 0.2) is 194 Å². The Morgan fingerprint density at radius 2 is 0.577 bits per heavy atom. The van der Waals surface area contributed by atoms with Crippen molar-refractivity contribution in [1.82, 2.24) is 0 Å². The van der Waals surface area contributed by atoms with Crippen LogP contribution in [0.5, 0.6) is 0 Å². The van der Waals surface area contributed by atoms with E-state index >= 15 is 0 Å². The molecule has 0 aliphatic heterocycles. The summed E-state index contributed by atoms with van der Waals surface area (Å²) in [5, 5.41) is 17.9. The summed E-state index contributed by atoms with van der Waals surface area (Å²) in [5.74, 6) is 0. The maximum absolute atomic E-state index is 2.43. The van der Waals surface area contributed by atoms with Gasteiger partial charge >= 0.3 is 0 Å². The molecule has 0 N–H and O–H groups in total. The lowest BCUT2D eigenvalue weighted by molar-refractivity contribution is 1.67. The molecule has 240 valence electrons. The third-order valence-corrected chi connectivity index (χ3v) is 11.2. The Morgan fingerprint density at radius 1 is 0.192 bits per heavy atom. The fourth-order valence-corrected chi connectivity index (χ4v) is 8.86. The van der Waals surface area contributed by atoms with E-state index in [-0.39, 0.29) is 0 Å². The van der Waals surface area contributed by atoms with Crippen LogP contribution in [0.3, 0.4) is 0 Å². The van der Waals surface area contributed by atoms with Crippen LogP contribution in [0.4, 0.5) is 0 Å². The molecule has 11 rings (SSSR count). The van der Waals surface area contributed by atoms with Crippen LogP contribution in [-0.2, 0) is 0 Å². The first kappa shape index (κ1) is 29.0. The molecule has 0 atom stereocenters. The van der Waals surface area contributed by atoms with Crippen molar-refractivity contribution in [3.8, 4) is 33.4 Å². The summed E-state index contributed by atoms with van der Waals surface area (Å²) >= 11 is 0. The van der Waals surface area contributed by atoms with Crippen molar-refractivity contribution in [3.05, 3.63) is 194 Å². The predicted octanol–water partition coefficient (Wildman–Crippen LogP) is 14.8. The molecular formula is C52H32. The van der Waals surface area contributed by atoms with E-state index in [1.165, 1.54) is 109 Å². The van der Waals surface area contributed by atoms with Crippen molar-refractivity contribution in [2.45, 2.75) is 0 Å². The summed E-state index contributed by atoms with van der Waals surface area (Å²) in [7, 11) is 0. The van der Waals surface area contributed by atoms with Crippen LogP contribution < -0.4 is 0 Å². The highest BCUT2D eigenvalue weighted by Gasteiger charge is 2.18. The minimum absolute atomic E-state index is 1.24. The number of rotatable bonds is 3. The van der Waals surface area contributed by atoms with E-state index in [0.29, 0.717) is 0 Å². The third-order valence-electron chi connectivity index (χ3n) is 11.2.